The molecule has 1 saturated heterocycles. The predicted octanol–water partition coefficient (Wildman–Crippen LogP) is 3.78. The predicted molar refractivity (Wildman–Crippen MR) is 127 cm³/mol. The smallest absolute Gasteiger partial charge is 0.239 e. The molecule has 7 heteroatoms. The molecule has 1 aliphatic heterocycles. The minimum Gasteiger partial charge on any atom is -0.493 e. The Bertz CT molecular complexity index is 1200. The zero-order valence-electron chi connectivity index (χ0n) is 18.3. The summed E-state index contributed by atoms with van der Waals surface area (Å²) in [6.07, 6.45) is 0.835. The van der Waals surface area contributed by atoms with Gasteiger partial charge in [-0.3, -0.25) is 4.79 Å². The molecule has 0 spiro atoms. The van der Waals surface area contributed by atoms with Gasteiger partial charge in [-0.25, -0.2) is 8.42 Å². The van der Waals surface area contributed by atoms with Gasteiger partial charge in [0.05, 0.1) is 11.5 Å². The van der Waals surface area contributed by atoms with E-state index in [1.807, 2.05) is 24.3 Å². The van der Waals surface area contributed by atoms with Crippen LogP contribution in [-0.2, 0) is 25.8 Å². The average Bonchev–Trinajstić information content (AvgIpc) is 2.85. The van der Waals surface area contributed by atoms with Gasteiger partial charge in [0, 0.05) is 19.6 Å². The molecule has 6 nitrogen and oxygen atoms in total. The maximum atomic E-state index is 13.2. The summed E-state index contributed by atoms with van der Waals surface area (Å²) in [6.45, 7) is 0.830. The zero-order valence-corrected chi connectivity index (χ0v) is 19.1. The van der Waals surface area contributed by atoms with E-state index in [0.717, 1.165) is 16.7 Å². The standard InChI is InChI=1S/C26H27NO5S/c27-25(28)26(14-17-31-18-15-26)33(29,30)24-11-9-23(10-12-24)32-16-13-20-5-4-8-22(19-20)21-6-2-1-3-7-21/h1-12,19H,13-18H2,(H2,27,28). The molecule has 0 aliphatic carbocycles. The third kappa shape index (κ3) is 4.79. The number of benzene rings is 3. The molecule has 33 heavy (non-hydrogen) atoms. The number of hydrogen-bond donors (Lipinski definition) is 1. The monoisotopic (exact) mass is 465 g/mol. The van der Waals surface area contributed by atoms with Crippen LogP contribution in [0.5, 0.6) is 5.75 Å². The van der Waals surface area contributed by atoms with Gasteiger partial charge in [-0.2, -0.15) is 0 Å². The largest absolute Gasteiger partial charge is 0.493 e. The molecule has 0 saturated carbocycles. The van der Waals surface area contributed by atoms with Crippen molar-refractivity contribution in [1.82, 2.24) is 0 Å². The van der Waals surface area contributed by atoms with Crippen molar-refractivity contribution in [3.8, 4) is 16.9 Å². The van der Waals surface area contributed by atoms with E-state index in [-0.39, 0.29) is 31.0 Å². The maximum absolute atomic E-state index is 13.2. The Morgan fingerprint density at radius 1 is 0.909 bits per heavy atom. The lowest BCUT2D eigenvalue weighted by Crippen LogP contribution is -2.53. The van der Waals surface area contributed by atoms with Crippen LogP contribution in [0.1, 0.15) is 18.4 Å². The number of amides is 1. The van der Waals surface area contributed by atoms with Crippen molar-refractivity contribution < 1.29 is 22.7 Å². The van der Waals surface area contributed by atoms with Gasteiger partial charge in [-0.1, -0.05) is 54.6 Å². The molecule has 1 amide bonds. The van der Waals surface area contributed by atoms with E-state index < -0.39 is 20.5 Å². The summed E-state index contributed by atoms with van der Waals surface area (Å²) >= 11 is 0. The molecule has 3 aromatic carbocycles. The summed E-state index contributed by atoms with van der Waals surface area (Å²) < 4.78 is 35.9. The van der Waals surface area contributed by atoms with Crippen LogP contribution in [0.3, 0.4) is 0 Å². The molecule has 1 heterocycles. The van der Waals surface area contributed by atoms with Gasteiger partial charge in [-0.05, 0) is 53.8 Å². The summed E-state index contributed by atoms with van der Waals surface area (Å²) in [6, 6.07) is 24.7. The van der Waals surface area contributed by atoms with Crippen LogP contribution in [0.4, 0.5) is 0 Å². The molecule has 2 N–H and O–H groups in total. The van der Waals surface area contributed by atoms with Crippen LogP contribution in [-0.4, -0.2) is 38.9 Å². The first-order chi connectivity index (χ1) is 15.9. The van der Waals surface area contributed by atoms with E-state index in [0.29, 0.717) is 18.8 Å². The highest BCUT2D eigenvalue weighted by molar-refractivity contribution is 7.93. The molecule has 3 aromatic rings. The molecule has 1 fully saturated rings. The van der Waals surface area contributed by atoms with E-state index in [1.165, 1.54) is 12.1 Å². The quantitative estimate of drug-likeness (QED) is 0.546. The maximum Gasteiger partial charge on any atom is 0.239 e. The molecular weight excluding hydrogens is 438 g/mol. The van der Waals surface area contributed by atoms with Crippen molar-refractivity contribution in [1.29, 1.82) is 0 Å². The number of primary amides is 1. The number of sulfone groups is 1. The van der Waals surface area contributed by atoms with Crippen LogP contribution in [0.25, 0.3) is 11.1 Å². The summed E-state index contributed by atoms with van der Waals surface area (Å²) in [5, 5.41) is 0. The van der Waals surface area contributed by atoms with Crippen molar-refractivity contribution >= 4 is 15.7 Å². The van der Waals surface area contributed by atoms with E-state index >= 15 is 0 Å². The van der Waals surface area contributed by atoms with Crippen molar-refractivity contribution in [2.24, 2.45) is 5.73 Å². The normalized spacial score (nSPS) is 15.6. The fourth-order valence-electron chi connectivity index (χ4n) is 4.11. The number of hydrogen-bond acceptors (Lipinski definition) is 5. The Morgan fingerprint density at radius 3 is 2.24 bits per heavy atom. The van der Waals surface area contributed by atoms with Gasteiger partial charge in [-0.15, -0.1) is 0 Å². The first-order valence-corrected chi connectivity index (χ1v) is 12.4. The number of nitrogens with two attached hydrogens (primary N) is 1. The average molecular weight is 466 g/mol. The molecule has 0 unspecified atom stereocenters. The Balaban J connectivity index is 1.41. The molecule has 4 rings (SSSR count). The number of ether oxygens (including phenoxy) is 2. The van der Waals surface area contributed by atoms with E-state index in [4.69, 9.17) is 15.2 Å². The third-order valence-corrected chi connectivity index (χ3v) is 8.62. The second-order valence-corrected chi connectivity index (χ2v) is 10.4. The molecule has 0 radical (unpaired) electrons. The number of rotatable bonds is 8. The summed E-state index contributed by atoms with van der Waals surface area (Å²) in [5.74, 6) is -0.267. The molecule has 172 valence electrons. The summed E-state index contributed by atoms with van der Waals surface area (Å²) in [5.41, 5.74) is 8.99. The number of carbonyl (C=O) groups is 1. The summed E-state index contributed by atoms with van der Waals surface area (Å²) in [7, 11) is -3.94. The zero-order chi connectivity index (χ0) is 23.3. The first-order valence-electron chi connectivity index (χ1n) is 10.9. The van der Waals surface area contributed by atoms with Crippen LogP contribution < -0.4 is 10.5 Å². The first kappa shape index (κ1) is 23.0. The van der Waals surface area contributed by atoms with Crippen molar-refractivity contribution in [2.45, 2.75) is 28.9 Å². The van der Waals surface area contributed by atoms with Gasteiger partial charge in [0.25, 0.3) is 0 Å². The van der Waals surface area contributed by atoms with Crippen LogP contribution in [0.15, 0.2) is 83.8 Å². The van der Waals surface area contributed by atoms with Gasteiger partial charge in [0.1, 0.15) is 5.75 Å². The van der Waals surface area contributed by atoms with Gasteiger partial charge in [0.15, 0.2) is 14.6 Å². The third-order valence-electron chi connectivity index (χ3n) is 6.09. The Kier molecular flexibility index (Phi) is 6.81. The Labute approximate surface area is 194 Å². The SMILES string of the molecule is NC(=O)C1(S(=O)(=O)c2ccc(OCCc3cccc(-c4ccccc4)c3)cc2)CCOCC1. The fourth-order valence-corrected chi connectivity index (χ4v) is 6.03. The van der Waals surface area contributed by atoms with Gasteiger partial charge in [0.2, 0.25) is 5.91 Å². The number of carbonyl (C=O) groups excluding carboxylic acids is 1. The van der Waals surface area contributed by atoms with Crippen molar-refractivity contribution in [3.63, 3.8) is 0 Å². The minimum absolute atomic E-state index is 0.0605. The summed E-state index contributed by atoms with van der Waals surface area (Å²) in [4.78, 5) is 12.2. The highest BCUT2D eigenvalue weighted by Gasteiger charge is 2.51. The van der Waals surface area contributed by atoms with Gasteiger partial charge < -0.3 is 15.2 Å². The molecule has 0 bridgehead atoms. The Morgan fingerprint density at radius 2 is 1.58 bits per heavy atom. The molecule has 0 atom stereocenters. The highest BCUT2D eigenvalue weighted by atomic mass is 32.2. The van der Waals surface area contributed by atoms with Crippen LogP contribution >= 0.6 is 0 Å². The lowest BCUT2D eigenvalue weighted by Gasteiger charge is -2.33. The van der Waals surface area contributed by atoms with E-state index in [2.05, 4.69) is 30.3 Å². The molecule has 0 aromatic heterocycles. The molecule has 1 aliphatic rings. The topological polar surface area (TPSA) is 95.7 Å². The second kappa shape index (κ2) is 9.77. The highest BCUT2D eigenvalue weighted by Crippen LogP contribution is 2.35. The van der Waals surface area contributed by atoms with Crippen LogP contribution in [0, 0.1) is 0 Å². The van der Waals surface area contributed by atoms with Crippen molar-refractivity contribution in [2.75, 3.05) is 19.8 Å². The van der Waals surface area contributed by atoms with Crippen molar-refractivity contribution in [3.05, 3.63) is 84.4 Å². The Hall–Kier alpha value is -3.16. The lowest BCUT2D eigenvalue weighted by atomic mass is 9.98. The fraction of sp³-hybridized carbons (Fsp3) is 0.269. The second-order valence-electron chi connectivity index (χ2n) is 8.11. The van der Waals surface area contributed by atoms with E-state index in [9.17, 15) is 13.2 Å². The van der Waals surface area contributed by atoms with E-state index in [1.54, 1.807) is 12.1 Å². The minimum atomic E-state index is -3.94. The van der Waals surface area contributed by atoms with Gasteiger partial charge >= 0.3 is 0 Å². The van der Waals surface area contributed by atoms with Crippen LogP contribution in [0.2, 0.25) is 0 Å². The molecular formula is C26H27NO5S. The lowest BCUT2D eigenvalue weighted by molar-refractivity contribution is -0.122.